The summed E-state index contributed by atoms with van der Waals surface area (Å²) in [4.78, 5) is 41.6. The fourth-order valence-electron chi connectivity index (χ4n) is 4.35. The van der Waals surface area contributed by atoms with Crippen LogP contribution in [0.15, 0.2) is 71.7 Å². The number of carbonyl (C=O) groups excluding carboxylic acids is 2. The van der Waals surface area contributed by atoms with Crippen molar-refractivity contribution >= 4 is 11.8 Å². The van der Waals surface area contributed by atoms with Crippen LogP contribution in [-0.2, 0) is 13.2 Å². The maximum atomic E-state index is 14.1. The lowest BCUT2D eigenvalue weighted by molar-refractivity contribution is 0.0704. The second-order valence-electron chi connectivity index (χ2n) is 8.86. The molecule has 1 unspecified atom stereocenters. The van der Waals surface area contributed by atoms with Gasteiger partial charge in [0.25, 0.3) is 11.8 Å². The van der Waals surface area contributed by atoms with Gasteiger partial charge >= 0.3 is 0 Å². The van der Waals surface area contributed by atoms with E-state index >= 15 is 0 Å². The first-order valence-corrected chi connectivity index (χ1v) is 12.1. The Morgan fingerprint density at radius 2 is 1.85 bits per heavy atom. The average Bonchev–Trinajstić information content (AvgIpc) is 3.11. The average molecular weight is 541 g/mol. The highest BCUT2D eigenvalue weighted by molar-refractivity contribution is 5.99. The minimum Gasteiger partial charge on any atom is -0.482 e. The molecule has 2 aliphatic heterocycles. The predicted molar refractivity (Wildman–Crippen MR) is 139 cm³/mol. The Kier molecular flexibility index (Phi) is 8.38. The number of aromatic nitrogens is 1. The summed E-state index contributed by atoms with van der Waals surface area (Å²) in [5.74, 6) is -2.96. The van der Waals surface area contributed by atoms with Crippen LogP contribution in [-0.4, -0.2) is 47.8 Å². The number of alkyl halides is 1. The van der Waals surface area contributed by atoms with Crippen LogP contribution in [0.3, 0.4) is 0 Å². The fourth-order valence-corrected chi connectivity index (χ4v) is 4.35. The quantitative estimate of drug-likeness (QED) is 0.484. The first kappa shape index (κ1) is 27.5. The van der Waals surface area contributed by atoms with Crippen molar-refractivity contribution in [2.24, 2.45) is 0 Å². The van der Waals surface area contributed by atoms with Crippen molar-refractivity contribution in [3.63, 3.8) is 0 Å². The maximum Gasteiger partial charge on any atom is 0.278 e. The van der Waals surface area contributed by atoms with E-state index in [1.165, 1.54) is 16.9 Å². The topological polar surface area (TPSA) is 83.9 Å². The van der Waals surface area contributed by atoms with Crippen LogP contribution < -0.4 is 20.5 Å². The van der Waals surface area contributed by atoms with Crippen molar-refractivity contribution in [3.05, 3.63) is 111 Å². The molecule has 2 aliphatic rings. The molecule has 1 N–H and O–H groups in total. The third-order valence-corrected chi connectivity index (χ3v) is 6.36. The van der Waals surface area contributed by atoms with Crippen molar-refractivity contribution in [2.75, 3.05) is 25.4 Å². The summed E-state index contributed by atoms with van der Waals surface area (Å²) in [5.41, 5.74) is -0.154. The number of fused-ring (bicyclic) bond motifs is 4. The van der Waals surface area contributed by atoms with Gasteiger partial charge in [0.2, 0.25) is 5.43 Å². The monoisotopic (exact) mass is 540 g/mol. The van der Waals surface area contributed by atoms with Gasteiger partial charge < -0.3 is 15.0 Å². The van der Waals surface area contributed by atoms with Crippen LogP contribution in [0.1, 0.15) is 38.9 Å². The van der Waals surface area contributed by atoms with E-state index in [4.69, 9.17) is 4.74 Å². The van der Waals surface area contributed by atoms with Crippen molar-refractivity contribution in [3.8, 4) is 5.75 Å². The zero-order valence-corrected chi connectivity index (χ0v) is 21.4. The molecule has 0 spiro atoms. The molecule has 0 saturated heterocycles. The number of amides is 2. The molecule has 0 fully saturated rings. The van der Waals surface area contributed by atoms with Crippen molar-refractivity contribution in [1.29, 1.82) is 0 Å². The number of hydrogen-bond donors (Lipinski definition) is 1. The van der Waals surface area contributed by atoms with E-state index in [1.807, 2.05) is 54.4 Å². The molecule has 204 valence electrons. The lowest BCUT2D eigenvalue weighted by Crippen LogP contribution is -2.56. The third kappa shape index (κ3) is 5.66. The molecule has 1 atom stereocenters. The standard InChI is InChI=1S/C27H24F2N4O4.CH3F/c1-17-6-5-11-31-16-33(17)32-14-21(26(35)30-13-19-9-10-20(28)12-22(19)29)24(34)25(23(32)27(31)36)37-15-18-7-3-2-4-8-18;1-2/h2-10,12,14,17H,11,13,15-16H2,1H3,(H,30,35);1H3. The van der Waals surface area contributed by atoms with Crippen molar-refractivity contribution in [1.82, 2.24) is 14.9 Å². The van der Waals surface area contributed by atoms with E-state index in [2.05, 4.69) is 5.32 Å². The summed E-state index contributed by atoms with van der Waals surface area (Å²) in [5, 5.41) is 4.36. The van der Waals surface area contributed by atoms with Crippen LogP contribution in [0.5, 0.6) is 5.75 Å². The Morgan fingerprint density at radius 1 is 1.10 bits per heavy atom. The van der Waals surface area contributed by atoms with E-state index in [1.54, 1.807) is 4.90 Å². The zero-order chi connectivity index (χ0) is 28.1. The normalized spacial score (nSPS) is 15.6. The zero-order valence-electron chi connectivity index (χ0n) is 21.4. The second kappa shape index (κ2) is 11.9. The molecule has 0 aliphatic carbocycles. The highest BCUT2D eigenvalue weighted by Crippen LogP contribution is 2.26. The molecule has 39 heavy (non-hydrogen) atoms. The lowest BCUT2D eigenvalue weighted by Gasteiger charge is -2.40. The second-order valence-corrected chi connectivity index (χ2v) is 8.86. The molecule has 5 rings (SSSR count). The molecular weight excluding hydrogens is 513 g/mol. The van der Waals surface area contributed by atoms with E-state index in [0.717, 1.165) is 17.7 Å². The molecule has 0 saturated carbocycles. The van der Waals surface area contributed by atoms with Gasteiger partial charge in [-0.05, 0) is 18.6 Å². The Balaban J connectivity index is 0.00000172. The Morgan fingerprint density at radius 3 is 2.56 bits per heavy atom. The number of pyridine rings is 1. The van der Waals surface area contributed by atoms with Crippen LogP contribution in [0.4, 0.5) is 13.2 Å². The van der Waals surface area contributed by atoms with E-state index < -0.39 is 28.9 Å². The summed E-state index contributed by atoms with van der Waals surface area (Å²) in [6.07, 6.45) is 5.12. The summed E-state index contributed by atoms with van der Waals surface area (Å²) >= 11 is 0. The lowest BCUT2D eigenvalue weighted by atomic mass is 10.1. The molecule has 2 aromatic carbocycles. The van der Waals surface area contributed by atoms with Gasteiger partial charge in [-0.25, -0.2) is 8.78 Å². The van der Waals surface area contributed by atoms with Gasteiger partial charge in [0.1, 0.15) is 30.5 Å². The molecule has 3 heterocycles. The minimum atomic E-state index is -0.815. The smallest absolute Gasteiger partial charge is 0.278 e. The van der Waals surface area contributed by atoms with E-state index in [9.17, 15) is 27.6 Å². The summed E-state index contributed by atoms with van der Waals surface area (Å²) in [6.45, 7) is 2.30. The third-order valence-electron chi connectivity index (χ3n) is 6.36. The molecule has 2 bridgehead atoms. The highest BCUT2D eigenvalue weighted by Gasteiger charge is 2.37. The number of benzene rings is 2. The van der Waals surface area contributed by atoms with Gasteiger partial charge in [0.05, 0.1) is 13.2 Å². The number of carbonyl (C=O) groups is 2. The number of hydrogen-bond acceptors (Lipinski definition) is 5. The molecule has 11 heteroatoms. The summed E-state index contributed by atoms with van der Waals surface area (Å²) < 4.78 is 44.2. The Hall–Kier alpha value is -4.54. The van der Waals surface area contributed by atoms with E-state index in [0.29, 0.717) is 13.7 Å². The molecule has 3 aromatic rings. The first-order chi connectivity index (χ1) is 18.8. The largest absolute Gasteiger partial charge is 0.482 e. The number of rotatable bonds is 6. The first-order valence-electron chi connectivity index (χ1n) is 12.1. The molecule has 8 nitrogen and oxygen atoms in total. The van der Waals surface area contributed by atoms with Gasteiger partial charge in [-0.2, -0.15) is 0 Å². The number of halogens is 3. The van der Waals surface area contributed by atoms with Crippen molar-refractivity contribution < 1.29 is 27.5 Å². The van der Waals surface area contributed by atoms with Crippen LogP contribution in [0, 0.1) is 11.6 Å². The maximum absolute atomic E-state index is 14.1. The SMILES string of the molecule is CC1C=CCN2CN1n1cc(C(=O)NCc3ccc(F)cc3F)c(=O)c(OCc3ccccc3)c1C2=O.CF. The Labute approximate surface area is 222 Å². The van der Waals surface area contributed by atoms with Gasteiger partial charge in [-0.1, -0.05) is 48.6 Å². The van der Waals surface area contributed by atoms with Crippen molar-refractivity contribution in [2.45, 2.75) is 26.1 Å². The molecular formula is C28H27F3N4O4. The number of nitrogens with one attached hydrogen (secondary N) is 1. The molecule has 2 amide bonds. The number of nitrogens with zero attached hydrogens (tertiary/aromatic N) is 3. The van der Waals surface area contributed by atoms with Gasteiger partial charge in [-0.3, -0.25) is 28.5 Å². The van der Waals surface area contributed by atoms with E-state index in [-0.39, 0.29) is 48.4 Å². The van der Waals surface area contributed by atoms with Crippen LogP contribution in [0.25, 0.3) is 0 Å². The molecule has 0 radical (unpaired) electrons. The number of ether oxygens (including phenoxy) is 1. The highest BCUT2D eigenvalue weighted by atomic mass is 19.1. The van der Waals surface area contributed by atoms with Gasteiger partial charge in [0.15, 0.2) is 11.4 Å². The predicted octanol–water partition coefficient (Wildman–Crippen LogP) is 3.53. The summed E-state index contributed by atoms with van der Waals surface area (Å²) in [6, 6.07) is 12.0. The van der Waals surface area contributed by atoms with Crippen LogP contribution in [0.2, 0.25) is 0 Å². The Bertz CT molecular complexity index is 1460. The van der Waals surface area contributed by atoms with Crippen LogP contribution >= 0.6 is 0 Å². The van der Waals surface area contributed by atoms with Gasteiger partial charge in [0, 0.05) is 30.9 Å². The van der Waals surface area contributed by atoms with Gasteiger partial charge in [-0.15, -0.1) is 0 Å². The minimum absolute atomic E-state index is 0.00995. The summed E-state index contributed by atoms with van der Waals surface area (Å²) in [7, 11) is 0.500. The fraction of sp³-hybridized carbons (Fsp3) is 0.250. The molecule has 1 aromatic heterocycles.